The summed E-state index contributed by atoms with van der Waals surface area (Å²) in [4.78, 5) is 20.7. The van der Waals surface area contributed by atoms with Crippen molar-refractivity contribution in [3.8, 4) is 11.4 Å². The fourth-order valence-electron chi connectivity index (χ4n) is 3.07. The Morgan fingerprint density at radius 1 is 1.29 bits per heavy atom. The maximum Gasteiger partial charge on any atom is 0.431 e. The lowest BCUT2D eigenvalue weighted by atomic mass is 10.3. The zero-order valence-corrected chi connectivity index (χ0v) is 15.5. The van der Waals surface area contributed by atoms with Gasteiger partial charge in [0.2, 0.25) is 0 Å². The molecule has 1 fully saturated rings. The van der Waals surface area contributed by atoms with E-state index in [2.05, 4.69) is 9.97 Å². The molecule has 0 N–H and O–H groups in total. The second kappa shape index (κ2) is 6.16. The minimum Gasteiger partial charge on any atom is -0.286 e. The summed E-state index contributed by atoms with van der Waals surface area (Å²) >= 11 is 0. The number of imidazole rings is 1. The van der Waals surface area contributed by atoms with Crippen LogP contribution in [0.3, 0.4) is 0 Å². The van der Waals surface area contributed by atoms with Crippen molar-refractivity contribution in [3.63, 3.8) is 0 Å². The Bertz CT molecular complexity index is 1240. The molecule has 0 aromatic carbocycles. The molecule has 7 nitrogen and oxygen atoms in total. The van der Waals surface area contributed by atoms with Crippen molar-refractivity contribution >= 4 is 15.5 Å². The van der Waals surface area contributed by atoms with Crippen LogP contribution in [0, 0.1) is 0 Å². The second-order valence-corrected chi connectivity index (χ2v) is 8.77. The van der Waals surface area contributed by atoms with Gasteiger partial charge in [0.15, 0.2) is 9.84 Å². The molecule has 1 saturated carbocycles. The molecule has 3 aromatic rings. The molecule has 0 spiro atoms. The monoisotopic (exact) mass is 412 g/mol. The van der Waals surface area contributed by atoms with Gasteiger partial charge in [0.05, 0.1) is 10.6 Å². The summed E-state index contributed by atoms with van der Waals surface area (Å²) in [6.45, 7) is 1.47. The topological polar surface area (TPSA) is 86.3 Å². The van der Waals surface area contributed by atoms with E-state index >= 15 is 0 Å². The zero-order chi connectivity index (χ0) is 20.3. The highest BCUT2D eigenvalue weighted by Gasteiger charge is 2.40. The predicted molar refractivity (Wildman–Crippen MR) is 93.7 cm³/mol. The number of halogens is 3. The lowest BCUT2D eigenvalue weighted by Gasteiger charge is -2.14. The highest BCUT2D eigenvalue weighted by atomic mass is 32.2. The Morgan fingerprint density at radius 2 is 2.00 bits per heavy atom. The maximum absolute atomic E-state index is 13.5. The summed E-state index contributed by atoms with van der Waals surface area (Å²) in [5.41, 5.74) is -2.12. The first-order valence-corrected chi connectivity index (χ1v) is 10.2. The SMILES string of the molecule is CCS(=O)(=O)c1cccnc1-c1cn2c(=O)n(C3CC3)c(C(F)(F)F)cc2n1. The summed E-state index contributed by atoms with van der Waals surface area (Å²) in [7, 11) is -3.64. The van der Waals surface area contributed by atoms with Gasteiger partial charge in [0.25, 0.3) is 0 Å². The first-order chi connectivity index (χ1) is 13.1. The smallest absolute Gasteiger partial charge is 0.286 e. The van der Waals surface area contributed by atoms with E-state index in [0.29, 0.717) is 12.8 Å². The van der Waals surface area contributed by atoms with Crippen molar-refractivity contribution in [3.05, 3.63) is 46.8 Å². The van der Waals surface area contributed by atoms with Crippen LogP contribution < -0.4 is 5.69 Å². The third-order valence-corrected chi connectivity index (χ3v) is 6.36. The molecule has 4 rings (SSSR count). The zero-order valence-electron chi connectivity index (χ0n) is 14.6. The summed E-state index contributed by atoms with van der Waals surface area (Å²) in [6, 6.07) is 3.11. The Morgan fingerprint density at radius 3 is 2.61 bits per heavy atom. The number of hydrogen-bond acceptors (Lipinski definition) is 5. The van der Waals surface area contributed by atoms with E-state index in [4.69, 9.17) is 0 Å². The van der Waals surface area contributed by atoms with Crippen LogP contribution in [-0.4, -0.2) is 33.1 Å². The fourth-order valence-corrected chi connectivity index (χ4v) is 4.12. The lowest BCUT2D eigenvalue weighted by Crippen LogP contribution is -2.31. The molecule has 0 atom stereocenters. The lowest BCUT2D eigenvalue weighted by molar-refractivity contribution is -0.144. The van der Waals surface area contributed by atoms with Gasteiger partial charge < -0.3 is 0 Å². The van der Waals surface area contributed by atoms with Crippen LogP contribution in [0.4, 0.5) is 13.2 Å². The number of aromatic nitrogens is 4. The highest BCUT2D eigenvalue weighted by Crippen LogP contribution is 2.39. The number of nitrogens with zero attached hydrogens (tertiary/aromatic N) is 4. The number of fused-ring (bicyclic) bond motifs is 1. The molecule has 148 valence electrons. The number of sulfone groups is 1. The van der Waals surface area contributed by atoms with Gasteiger partial charge in [-0.25, -0.2) is 18.2 Å². The molecule has 0 bridgehead atoms. The molecule has 0 radical (unpaired) electrons. The predicted octanol–water partition coefficient (Wildman–Crippen LogP) is 2.71. The van der Waals surface area contributed by atoms with Gasteiger partial charge in [-0.05, 0) is 25.0 Å². The molecule has 3 heterocycles. The molecule has 11 heteroatoms. The Kier molecular flexibility index (Phi) is 4.11. The van der Waals surface area contributed by atoms with Crippen molar-refractivity contribution in [2.75, 3.05) is 5.75 Å². The van der Waals surface area contributed by atoms with Crippen LogP contribution in [-0.2, 0) is 16.0 Å². The first-order valence-electron chi connectivity index (χ1n) is 8.53. The van der Waals surface area contributed by atoms with Crippen LogP contribution in [0.15, 0.2) is 40.3 Å². The van der Waals surface area contributed by atoms with Gasteiger partial charge >= 0.3 is 11.9 Å². The molecule has 0 aliphatic heterocycles. The van der Waals surface area contributed by atoms with Gasteiger partial charge in [-0.2, -0.15) is 13.2 Å². The third-order valence-electron chi connectivity index (χ3n) is 4.60. The summed E-state index contributed by atoms with van der Waals surface area (Å²) < 4.78 is 66.7. The minimum atomic E-state index is -4.71. The number of hydrogen-bond donors (Lipinski definition) is 0. The quantitative estimate of drug-likeness (QED) is 0.658. The number of rotatable bonds is 4. The third kappa shape index (κ3) is 2.99. The molecule has 0 amide bonds. The molecular formula is C17H15F3N4O3S. The van der Waals surface area contributed by atoms with Gasteiger partial charge in [0, 0.05) is 24.5 Å². The van der Waals surface area contributed by atoms with E-state index in [1.54, 1.807) is 0 Å². The van der Waals surface area contributed by atoms with E-state index in [1.165, 1.54) is 31.5 Å². The molecule has 0 saturated heterocycles. The average Bonchev–Trinajstić information content (AvgIpc) is 3.38. The fraction of sp³-hybridized carbons (Fsp3) is 0.353. The van der Waals surface area contributed by atoms with Crippen LogP contribution in [0.1, 0.15) is 31.5 Å². The first kappa shape index (κ1) is 18.7. The van der Waals surface area contributed by atoms with E-state index in [1.807, 2.05) is 0 Å². The molecule has 1 aliphatic carbocycles. The van der Waals surface area contributed by atoms with Gasteiger partial charge in [-0.3, -0.25) is 14.0 Å². The molecular weight excluding hydrogens is 397 g/mol. The van der Waals surface area contributed by atoms with Crippen LogP contribution in [0.2, 0.25) is 0 Å². The van der Waals surface area contributed by atoms with Crippen LogP contribution in [0.5, 0.6) is 0 Å². The Balaban J connectivity index is 1.99. The van der Waals surface area contributed by atoms with Crippen LogP contribution >= 0.6 is 0 Å². The van der Waals surface area contributed by atoms with E-state index in [-0.39, 0.29) is 27.7 Å². The Hall–Kier alpha value is -2.69. The van der Waals surface area contributed by atoms with E-state index in [9.17, 15) is 26.4 Å². The molecule has 28 heavy (non-hydrogen) atoms. The van der Waals surface area contributed by atoms with Crippen molar-refractivity contribution in [1.82, 2.24) is 18.9 Å². The van der Waals surface area contributed by atoms with E-state index < -0.39 is 33.4 Å². The van der Waals surface area contributed by atoms with Crippen molar-refractivity contribution in [2.24, 2.45) is 0 Å². The summed E-state index contributed by atoms with van der Waals surface area (Å²) in [5.74, 6) is -0.175. The van der Waals surface area contributed by atoms with Gasteiger partial charge in [-0.15, -0.1) is 0 Å². The summed E-state index contributed by atoms with van der Waals surface area (Å²) in [5, 5.41) is 0. The van der Waals surface area contributed by atoms with Gasteiger partial charge in [-0.1, -0.05) is 6.92 Å². The maximum atomic E-state index is 13.5. The Labute approximate surface area is 157 Å². The molecule has 3 aromatic heterocycles. The highest BCUT2D eigenvalue weighted by molar-refractivity contribution is 7.91. The normalized spacial score (nSPS) is 15.3. The van der Waals surface area contributed by atoms with Crippen molar-refractivity contribution < 1.29 is 21.6 Å². The molecule has 0 unspecified atom stereocenters. The number of pyridine rings is 1. The van der Waals surface area contributed by atoms with Crippen molar-refractivity contribution in [1.29, 1.82) is 0 Å². The van der Waals surface area contributed by atoms with Gasteiger partial charge in [0.1, 0.15) is 22.7 Å². The molecule has 1 aliphatic rings. The van der Waals surface area contributed by atoms with E-state index in [0.717, 1.165) is 15.0 Å². The van der Waals surface area contributed by atoms with Crippen LogP contribution in [0.25, 0.3) is 17.0 Å². The number of alkyl halides is 3. The largest absolute Gasteiger partial charge is 0.431 e. The average molecular weight is 412 g/mol. The standard InChI is InChI=1S/C17H15F3N4O3S/c1-2-28(26,27)12-4-3-7-21-15(12)11-9-23-14(22-11)8-13(17(18,19)20)24(16(23)25)10-5-6-10/h3-4,7-10H,2,5-6H2,1H3. The second-order valence-electron chi connectivity index (χ2n) is 6.52. The summed E-state index contributed by atoms with van der Waals surface area (Å²) in [6.07, 6.45) is -1.13. The van der Waals surface area contributed by atoms with Crippen molar-refractivity contribution in [2.45, 2.75) is 36.9 Å². The minimum absolute atomic E-state index is 0.000944.